The summed E-state index contributed by atoms with van der Waals surface area (Å²) in [5, 5.41) is 3.90. The lowest BCUT2D eigenvalue weighted by molar-refractivity contribution is 0.0789. The topological polar surface area (TPSA) is 67.6 Å². The number of fused-ring (bicyclic) bond motifs is 1. The zero-order valence-corrected chi connectivity index (χ0v) is 17.4. The van der Waals surface area contributed by atoms with Crippen LogP contribution in [0.15, 0.2) is 77.2 Å². The molecule has 1 saturated heterocycles. The van der Waals surface area contributed by atoms with Crippen LogP contribution in [0, 0.1) is 0 Å². The minimum absolute atomic E-state index is 0.0506. The van der Waals surface area contributed by atoms with Crippen molar-refractivity contribution in [2.75, 3.05) is 18.4 Å². The van der Waals surface area contributed by atoms with Gasteiger partial charge in [0.05, 0.1) is 5.56 Å². The van der Waals surface area contributed by atoms with E-state index in [0.29, 0.717) is 46.8 Å². The number of rotatable bonds is 5. The summed E-state index contributed by atoms with van der Waals surface area (Å²) < 4.78 is 11.7. The van der Waals surface area contributed by atoms with Gasteiger partial charge in [-0.3, -0.25) is 4.79 Å². The molecule has 0 aliphatic carbocycles. The molecule has 3 aromatic carbocycles. The molecule has 1 aliphatic rings. The Morgan fingerprint density at radius 3 is 2.77 bits per heavy atom. The number of hydrogen-bond donors (Lipinski definition) is 1. The molecule has 7 heteroatoms. The lowest BCUT2D eigenvalue weighted by Gasteiger charge is -2.18. The van der Waals surface area contributed by atoms with Crippen molar-refractivity contribution in [3.05, 3.63) is 83.4 Å². The smallest absolute Gasteiger partial charge is 0.295 e. The Kier molecular flexibility index (Phi) is 5.22. The number of likely N-dealkylation sites (tertiary alicyclic amines) is 1. The lowest BCUT2D eigenvalue weighted by Crippen LogP contribution is -2.31. The van der Waals surface area contributed by atoms with E-state index in [9.17, 15) is 4.79 Å². The number of hydrogen-bond acceptors (Lipinski definition) is 5. The number of para-hydroxylation sites is 2. The summed E-state index contributed by atoms with van der Waals surface area (Å²) in [5.74, 6) is 1.19. The fourth-order valence-electron chi connectivity index (χ4n) is 3.72. The fourth-order valence-corrected chi connectivity index (χ4v) is 3.88. The lowest BCUT2D eigenvalue weighted by atomic mass is 10.1. The molecule has 0 unspecified atom stereocenters. The summed E-state index contributed by atoms with van der Waals surface area (Å²) in [6.07, 6.45) is 0.799. The molecule has 1 N–H and O–H groups in total. The van der Waals surface area contributed by atoms with Gasteiger partial charge in [0.2, 0.25) is 0 Å². The highest BCUT2D eigenvalue weighted by Gasteiger charge is 2.29. The van der Waals surface area contributed by atoms with Crippen molar-refractivity contribution in [3.8, 4) is 11.5 Å². The van der Waals surface area contributed by atoms with Crippen LogP contribution in [0.1, 0.15) is 16.8 Å². The number of nitrogens with one attached hydrogen (secondary N) is 1. The monoisotopic (exact) mass is 433 g/mol. The first-order chi connectivity index (χ1) is 15.2. The van der Waals surface area contributed by atoms with Gasteiger partial charge < -0.3 is 19.4 Å². The predicted octanol–water partition coefficient (Wildman–Crippen LogP) is 5.60. The molecule has 1 atom stereocenters. The van der Waals surface area contributed by atoms with Crippen LogP contribution >= 0.6 is 11.6 Å². The SMILES string of the molecule is O=C(c1ccccc1Oc1ccccc1)N1CC[C@@H](Nc2nc3ccc(Cl)cc3o2)C1. The number of benzene rings is 3. The molecule has 1 fully saturated rings. The van der Waals surface area contributed by atoms with Crippen LogP contribution in [0.2, 0.25) is 5.02 Å². The Labute approximate surface area is 184 Å². The van der Waals surface area contributed by atoms with Crippen LogP contribution < -0.4 is 10.1 Å². The van der Waals surface area contributed by atoms with E-state index in [1.54, 1.807) is 18.2 Å². The molecule has 6 nitrogen and oxygen atoms in total. The molecule has 156 valence electrons. The van der Waals surface area contributed by atoms with Crippen molar-refractivity contribution in [2.24, 2.45) is 0 Å². The zero-order valence-electron chi connectivity index (χ0n) is 16.6. The van der Waals surface area contributed by atoms with Gasteiger partial charge in [0.15, 0.2) is 5.58 Å². The van der Waals surface area contributed by atoms with E-state index in [1.807, 2.05) is 59.5 Å². The fraction of sp³-hybridized carbons (Fsp3) is 0.167. The molecule has 5 rings (SSSR count). The highest BCUT2D eigenvalue weighted by atomic mass is 35.5. The normalized spacial score (nSPS) is 15.9. The number of carbonyl (C=O) groups is 1. The molecule has 4 aromatic rings. The van der Waals surface area contributed by atoms with Crippen molar-refractivity contribution in [2.45, 2.75) is 12.5 Å². The van der Waals surface area contributed by atoms with E-state index < -0.39 is 0 Å². The molecule has 0 spiro atoms. The molecule has 31 heavy (non-hydrogen) atoms. The van der Waals surface area contributed by atoms with E-state index in [2.05, 4.69) is 10.3 Å². The summed E-state index contributed by atoms with van der Waals surface area (Å²) >= 11 is 6.01. The molecule has 1 aromatic heterocycles. The third-order valence-corrected chi connectivity index (χ3v) is 5.48. The molecular formula is C24H20ClN3O3. The molecule has 0 radical (unpaired) electrons. The molecule has 2 heterocycles. The number of halogens is 1. The maximum Gasteiger partial charge on any atom is 0.295 e. The second-order valence-electron chi connectivity index (χ2n) is 7.42. The van der Waals surface area contributed by atoms with E-state index in [4.69, 9.17) is 20.8 Å². The molecule has 0 bridgehead atoms. The van der Waals surface area contributed by atoms with Gasteiger partial charge in [-0.15, -0.1) is 0 Å². The Morgan fingerprint density at radius 1 is 1.10 bits per heavy atom. The van der Waals surface area contributed by atoms with Gasteiger partial charge in [-0.2, -0.15) is 4.98 Å². The molecule has 0 saturated carbocycles. The first kappa shape index (κ1) is 19.5. The van der Waals surface area contributed by atoms with E-state index in [-0.39, 0.29) is 11.9 Å². The highest BCUT2D eigenvalue weighted by molar-refractivity contribution is 6.31. The van der Waals surface area contributed by atoms with Gasteiger partial charge in [0, 0.05) is 30.2 Å². The molecular weight excluding hydrogens is 414 g/mol. The summed E-state index contributed by atoms with van der Waals surface area (Å²) in [6.45, 7) is 1.19. The summed E-state index contributed by atoms with van der Waals surface area (Å²) in [7, 11) is 0. The Bertz CT molecular complexity index is 1230. The highest BCUT2D eigenvalue weighted by Crippen LogP contribution is 2.28. The minimum Gasteiger partial charge on any atom is -0.457 e. The van der Waals surface area contributed by atoms with Crippen molar-refractivity contribution < 1.29 is 13.9 Å². The first-order valence-corrected chi connectivity index (χ1v) is 10.5. The first-order valence-electron chi connectivity index (χ1n) is 10.1. The maximum atomic E-state index is 13.2. The van der Waals surface area contributed by atoms with Crippen LogP contribution in [-0.4, -0.2) is 34.9 Å². The third-order valence-electron chi connectivity index (χ3n) is 5.24. The van der Waals surface area contributed by atoms with Crippen molar-refractivity contribution in [1.29, 1.82) is 0 Å². The Hall–Kier alpha value is -3.51. The number of amides is 1. The quantitative estimate of drug-likeness (QED) is 0.443. The Morgan fingerprint density at radius 2 is 1.90 bits per heavy atom. The van der Waals surface area contributed by atoms with Gasteiger partial charge in [0.25, 0.3) is 11.9 Å². The average molecular weight is 434 g/mol. The van der Waals surface area contributed by atoms with Crippen LogP contribution in [0.3, 0.4) is 0 Å². The zero-order chi connectivity index (χ0) is 21.2. The van der Waals surface area contributed by atoms with Crippen LogP contribution in [0.25, 0.3) is 11.1 Å². The van der Waals surface area contributed by atoms with E-state index in [0.717, 1.165) is 11.9 Å². The number of oxazole rings is 1. The van der Waals surface area contributed by atoms with Gasteiger partial charge in [-0.1, -0.05) is 41.9 Å². The van der Waals surface area contributed by atoms with Crippen molar-refractivity contribution in [3.63, 3.8) is 0 Å². The van der Waals surface area contributed by atoms with Gasteiger partial charge in [-0.05, 0) is 42.8 Å². The Balaban J connectivity index is 1.28. The molecule has 1 amide bonds. The average Bonchev–Trinajstić information content (AvgIpc) is 3.41. The largest absolute Gasteiger partial charge is 0.457 e. The predicted molar refractivity (Wildman–Crippen MR) is 120 cm³/mol. The van der Waals surface area contributed by atoms with E-state index >= 15 is 0 Å². The van der Waals surface area contributed by atoms with Crippen LogP contribution in [0.5, 0.6) is 11.5 Å². The van der Waals surface area contributed by atoms with Crippen molar-refractivity contribution >= 4 is 34.6 Å². The summed E-state index contributed by atoms with van der Waals surface area (Å²) in [6, 6.07) is 22.6. The standard InChI is InChI=1S/C24H20ClN3O3/c25-16-10-11-20-22(14-16)31-24(27-20)26-17-12-13-28(15-17)23(29)19-8-4-5-9-21(19)30-18-6-2-1-3-7-18/h1-11,14,17H,12-13,15H2,(H,26,27)/t17-/m1/s1. The number of carbonyl (C=O) groups excluding carboxylic acids is 1. The van der Waals surface area contributed by atoms with Crippen LogP contribution in [-0.2, 0) is 0 Å². The summed E-state index contributed by atoms with van der Waals surface area (Å²) in [5.41, 5.74) is 1.92. The second kappa shape index (κ2) is 8.32. The summed E-state index contributed by atoms with van der Waals surface area (Å²) in [4.78, 5) is 19.5. The molecule has 1 aliphatic heterocycles. The number of aromatic nitrogens is 1. The second-order valence-corrected chi connectivity index (χ2v) is 7.86. The van der Waals surface area contributed by atoms with E-state index in [1.165, 1.54) is 0 Å². The maximum absolute atomic E-state index is 13.2. The minimum atomic E-state index is -0.0554. The van der Waals surface area contributed by atoms with Gasteiger partial charge >= 0.3 is 0 Å². The third kappa shape index (κ3) is 4.20. The van der Waals surface area contributed by atoms with Crippen LogP contribution in [0.4, 0.5) is 6.01 Å². The van der Waals surface area contributed by atoms with Gasteiger partial charge in [-0.25, -0.2) is 0 Å². The van der Waals surface area contributed by atoms with Gasteiger partial charge in [0.1, 0.15) is 17.0 Å². The van der Waals surface area contributed by atoms with Crippen molar-refractivity contribution in [1.82, 2.24) is 9.88 Å². The number of anilines is 1. The number of ether oxygens (including phenoxy) is 1. The number of nitrogens with zero attached hydrogens (tertiary/aromatic N) is 2.